The highest BCUT2D eigenvalue weighted by molar-refractivity contribution is 6.31. The van der Waals surface area contributed by atoms with Gasteiger partial charge in [0.2, 0.25) is 0 Å². The van der Waals surface area contributed by atoms with E-state index in [0.29, 0.717) is 28.2 Å². The number of carbonyl (C=O) groups is 1. The van der Waals surface area contributed by atoms with Crippen LogP contribution in [0.25, 0.3) is 0 Å². The average Bonchev–Trinajstić information content (AvgIpc) is 2.44. The van der Waals surface area contributed by atoms with E-state index in [1.807, 2.05) is 0 Å². The summed E-state index contributed by atoms with van der Waals surface area (Å²) in [6.45, 7) is 0.0176. The van der Waals surface area contributed by atoms with Gasteiger partial charge in [0.25, 0.3) is 0 Å². The van der Waals surface area contributed by atoms with Crippen molar-refractivity contribution >= 4 is 17.9 Å². The number of aromatic nitrogens is 1. The number of hydrogen-bond acceptors (Lipinski definition) is 3. The number of ether oxygens (including phenoxy) is 1. The number of rotatable bonds is 4. The second kappa shape index (κ2) is 6.13. The Morgan fingerprint density at radius 2 is 2.00 bits per heavy atom. The van der Waals surface area contributed by atoms with Crippen LogP contribution in [0.4, 0.5) is 13.2 Å². The lowest BCUT2D eigenvalue weighted by atomic mass is 10.2. The lowest BCUT2D eigenvalue weighted by Crippen LogP contribution is -2.08. The highest BCUT2D eigenvalue weighted by atomic mass is 35.5. The maximum absolute atomic E-state index is 12.4. The molecule has 7 heteroatoms. The van der Waals surface area contributed by atoms with Crippen molar-refractivity contribution in [3.05, 3.63) is 58.4 Å². The summed E-state index contributed by atoms with van der Waals surface area (Å²) in [4.78, 5) is 14.0. The number of hydrogen-bond donors (Lipinski definition) is 0. The summed E-state index contributed by atoms with van der Waals surface area (Å²) >= 11 is 5.81. The average molecular weight is 316 g/mol. The van der Waals surface area contributed by atoms with Gasteiger partial charge in [-0.1, -0.05) is 17.7 Å². The molecule has 2 rings (SSSR count). The normalized spacial score (nSPS) is 11.2. The first kappa shape index (κ1) is 15.3. The second-order valence-corrected chi connectivity index (χ2v) is 4.61. The van der Waals surface area contributed by atoms with E-state index in [1.165, 1.54) is 24.3 Å². The molecule has 0 unspecified atom stereocenters. The number of halogens is 4. The molecule has 0 saturated carbocycles. The number of aldehydes is 1. The minimum atomic E-state index is -4.47. The first-order chi connectivity index (χ1) is 9.88. The van der Waals surface area contributed by atoms with Crippen molar-refractivity contribution in [3.63, 3.8) is 0 Å². The molecular weight excluding hydrogens is 307 g/mol. The molecule has 0 spiro atoms. The van der Waals surface area contributed by atoms with Crippen molar-refractivity contribution in [2.45, 2.75) is 12.8 Å². The van der Waals surface area contributed by atoms with Gasteiger partial charge in [-0.05, 0) is 24.3 Å². The Labute approximate surface area is 123 Å². The van der Waals surface area contributed by atoms with Gasteiger partial charge in [0, 0.05) is 22.3 Å². The summed E-state index contributed by atoms with van der Waals surface area (Å²) in [6.07, 6.45) is -2.75. The van der Waals surface area contributed by atoms with E-state index < -0.39 is 11.9 Å². The number of nitrogens with zero attached hydrogens (tertiary/aromatic N) is 1. The van der Waals surface area contributed by atoms with Crippen molar-refractivity contribution in [2.24, 2.45) is 0 Å². The highest BCUT2D eigenvalue weighted by Crippen LogP contribution is 2.27. The quantitative estimate of drug-likeness (QED) is 0.796. The molecule has 0 radical (unpaired) electrons. The third kappa shape index (κ3) is 4.19. The van der Waals surface area contributed by atoms with Gasteiger partial charge < -0.3 is 4.74 Å². The predicted octanol–water partition coefficient (Wildman–Crippen LogP) is 4.15. The number of benzene rings is 1. The standard InChI is InChI=1S/C14H9ClF3NO2/c15-11-3-10(7-20)4-12(5-11)21-8-9-1-2-13(19-6-9)14(16,17)18/h1-7H,8H2. The number of carbonyl (C=O) groups excluding carboxylic acids is 1. The van der Waals surface area contributed by atoms with E-state index >= 15 is 0 Å². The molecule has 2 aromatic rings. The van der Waals surface area contributed by atoms with Crippen LogP contribution in [-0.4, -0.2) is 11.3 Å². The van der Waals surface area contributed by atoms with Crippen LogP contribution in [0, 0.1) is 0 Å². The molecule has 110 valence electrons. The van der Waals surface area contributed by atoms with E-state index in [0.717, 1.165) is 12.3 Å². The van der Waals surface area contributed by atoms with Crippen molar-refractivity contribution < 1.29 is 22.7 Å². The molecule has 21 heavy (non-hydrogen) atoms. The van der Waals surface area contributed by atoms with E-state index in [9.17, 15) is 18.0 Å². The number of pyridine rings is 1. The van der Waals surface area contributed by atoms with E-state index in [2.05, 4.69) is 4.98 Å². The zero-order chi connectivity index (χ0) is 15.5. The van der Waals surface area contributed by atoms with Crippen LogP contribution in [0.1, 0.15) is 21.6 Å². The molecule has 0 saturated heterocycles. The predicted molar refractivity (Wildman–Crippen MR) is 70.4 cm³/mol. The lowest BCUT2D eigenvalue weighted by molar-refractivity contribution is -0.141. The van der Waals surface area contributed by atoms with Gasteiger partial charge in [0.05, 0.1) is 0 Å². The molecule has 0 fully saturated rings. The maximum atomic E-state index is 12.4. The fourth-order valence-corrected chi connectivity index (χ4v) is 1.81. The first-order valence-electron chi connectivity index (χ1n) is 5.79. The van der Waals surface area contributed by atoms with Crippen LogP contribution in [0.15, 0.2) is 36.5 Å². The molecule has 1 heterocycles. The fraction of sp³-hybridized carbons (Fsp3) is 0.143. The van der Waals surface area contributed by atoms with Crippen molar-refractivity contribution in [3.8, 4) is 5.75 Å². The highest BCUT2D eigenvalue weighted by Gasteiger charge is 2.31. The summed E-state index contributed by atoms with van der Waals surface area (Å²) in [7, 11) is 0. The van der Waals surface area contributed by atoms with Crippen LogP contribution in [0.5, 0.6) is 5.75 Å². The topological polar surface area (TPSA) is 39.2 Å². The molecule has 1 aromatic carbocycles. The Bertz CT molecular complexity index is 642. The van der Waals surface area contributed by atoms with Crippen LogP contribution in [0.3, 0.4) is 0 Å². The molecule has 0 amide bonds. The van der Waals surface area contributed by atoms with Crippen LogP contribution < -0.4 is 4.74 Å². The Kier molecular flexibility index (Phi) is 4.47. The van der Waals surface area contributed by atoms with Crippen LogP contribution in [0.2, 0.25) is 5.02 Å². The summed E-state index contributed by atoms with van der Waals surface area (Å²) in [5.41, 5.74) is -0.143. The van der Waals surface area contributed by atoms with Gasteiger partial charge in [0.1, 0.15) is 24.3 Å². The molecule has 0 bridgehead atoms. The van der Waals surface area contributed by atoms with Gasteiger partial charge in [-0.2, -0.15) is 13.2 Å². The van der Waals surface area contributed by atoms with E-state index in [-0.39, 0.29) is 6.61 Å². The molecule has 0 N–H and O–H groups in total. The molecule has 0 atom stereocenters. The Morgan fingerprint density at radius 3 is 2.57 bits per heavy atom. The fourth-order valence-electron chi connectivity index (χ4n) is 1.58. The van der Waals surface area contributed by atoms with Gasteiger partial charge >= 0.3 is 6.18 Å². The van der Waals surface area contributed by atoms with Gasteiger partial charge in [-0.15, -0.1) is 0 Å². The third-order valence-corrected chi connectivity index (χ3v) is 2.77. The van der Waals surface area contributed by atoms with Gasteiger partial charge in [0.15, 0.2) is 0 Å². The Hall–Kier alpha value is -2.08. The summed E-state index contributed by atoms with van der Waals surface area (Å²) in [6, 6.07) is 6.62. The number of alkyl halides is 3. The second-order valence-electron chi connectivity index (χ2n) is 4.18. The zero-order valence-corrected chi connectivity index (χ0v) is 11.3. The smallest absolute Gasteiger partial charge is 0.433 e. The van der Waals surface area contributed by atoms with Gasteiger partial charge in [-0.25, -0.2) is 0 Å². The van der Waals surface area contributed by atoms with Crippen molar-refractivity contribution in [1.82, 2.24) is 4.98 Å². The summed E-state index contributed by atoms with van der Waals surface area (Å²) in [5.74, 6) is 0.351. The molecule has 0 aliphatic carbocycles. The minimum Gasteiger partial charge on any atom is -0.489 e. The van der Waals surface area contributed by atoms with Crippen LogP contribution >= 0.6 is 11.6 Å². The van der Waals surface area contributed by atoms with E-state index in [1.54, 1.807) is 0 Å². The molecule has 1 aromatic heterocycles. The van der Waals surface area contributed by atoms with Gasteiger partial charge in [-0.3, -0.25) is 9.78 Å². The molecule has 0 aliphatic rings. The SMILES string of the molecule is O=Cc1cc(Cl)cc(OCc2ccc(C(F)(F)F)nc2)c1. The van der Waals surface area contributed by atoms with Crippen molar-refractivity contribution in [2.75, 3.05) is 0 Å². The summed E-state index contributed by atoms with van der Waals surface area (Å²) in [5, 5.41) is 0.333. The maximum Gasteiger partial charge on any atom is 0.433 e. The molecular formula is C14H9ClF3NO2. The van der Waals surface area contributed by atoms with Crippen LogP contribution in [-0.2, 0) is 12.8 Å². The van der Waals surface area contributed by atoms with E-state index in [4.69, 9.17) is 16.3 Å². The Balaban J connectivity index is 2.06. The largest absolute Gasteiger partial charge is 0.489 e. The Morgan fingerprint density at radius 1 is 1.24 bits per heavy atom. The minimum absolute atomic E-state index is 0.0176. The first-order valence-corrected chi connectivity index (χ1v) is 6.17. The molecule has 3 nitrogen and oxygen atoms in total. The third-order valence-electron chi connectivity index (χ3n) is 2.55. The zero-order valence-electron chi connectivity index (χ0n) is 10.5. The monoisotopic (exact) mass is 315 g/mol. The summed E-state index contributed by atoms with van der Waals surface area (Å²) < 4.78 is 42.4. The lowest BCUT2D eigenvalue weighted by Gasteiger charge is -2.09. The molecule has 0 aliphatic heterocycles. The van der Waals surface area contributed by atoms with Crippen molar-refractivity contribution in [1.29, 1.82) is 0 Å².